The molecule has 29 heavy (non-hydrogen) atoms. The molecule has 8 nitrogen and oxygen atoms in total. The van der Waals surface area contributed by atoms with Crippen LogP contribution in [0.1, 0.15) is 57.2 Å². The third-order valence-corrected chi connectivity index (χ3v) is 5.04. The lowest BCUT2D eigenvalue weighted by molar-refractivity contribution is 0.00791. The topological polar surface area (TPSA) is 122 Å². The van der Waals surface area contributed by atoms with Crippen LogP contribution in [-0.2, 0) is 11.2 Å². The molecular formula is C20H26ClN5O3. The van der Waals surface area contributed by atoms with Gasteiger partial charge >= 0.3 is 6.09 Å². The van der Waals surface area contributed by atoms with Gasteiger partial charge in [0.1, 0.15) is 28.7 Å². The van der Waals surface area contributed by atoms with Crippen molar-refractivity contribution in [2.24, 2.45) is 0 Å². The molecule has 0 radical (unpaired) electrons. The van der Waals surface area contributed by atoms with Gasteiger partial charge in [0, 0.05) is 19.6 Å². The number of carbonyl (C=O) groups is 1. The van der Waals surface area contributed by atoms with Gasteiger partial charge in [0.05, 0.1) is 16.7 Å². The van der Waals surface area contributed by atoms with Gasteiger partial charge in [-0.05, 0) is 45.6 Å². The molecule has 1 aromatic rings. The Labute approximate surface area is 176 Å². The number of hydrogen-bond acceptors (Lipinski definition) is 7. The molecule has 0 spiro atoms. The van der Waals surface area contributed by atoms with Crippen LogP contribution in [0.4, 0.5) is 10.6 Å². The molecule has 1 aromatic heterocycles. The maximum absolute atomic E-state index is 11.8. The van der Waals surface area contributed by atoms with Crippen LogP contribution in [0.25, 0.3) is 0 Å². The third kappa shape index (κ3) is 5.50. The van der Waals surface area contributed by atoms with E-state index in [9.17, 15) is 20.4 Å². The second-order valence-electron chi connectivity index (χ2n) is 8.10. The highest BCUT2D eigenvalue weighted by Gasteiger charge is 2.35. The van der Waals surface area contributed by atoms with Crippen molar-refractivity contribution in [2.75, 3.05) is 24.5 Å². The Kier molecular flexibility index (Phi) is 6.94. The Morgan fingerprint density at radius 2 is 1.90 bits per heavy atom. The van der Waals surface area contributed by atoms with E-state index in [2.05, 4.69) is 16.4 Å². The minimum Gasteiger partial charge on any atom is -0.444 e. The van der Waals surface area contributed by atoms with Crippen molar-refractivity contribution < 1.29 is 14.6 Å². The predicted molar refractivity (Wildman–Crippen MR) is 109 cm³/mol. The molecule has 1 saturated heterocycles. The number of hydrogen-bond donors (Lipinski definition) is 2. The SMILES string of the molecule is CCc1c(C#N)c(Cl)nc(N2CCC(O)(CNC(=O)OC(C)(C)C)CC2)c1C#N. The van der Waals surface area contributed by atoms with Gasteiger partial charge < -0.3 is 20.1 Å². The number of nitrogens with one attached hydrogen (secondary N) is 1. The van der Waals surface area contributed by atoms with Crippen LogP contribution in [-0.4, -0.2) is 47.0 Å². The first kappa shape index (κ1) is 22.7. The maximum atomic E-state index is 11.8. The fraction of sp³-hybridized carbons (Fsp3) is 0.600. The number of rotatable bonds is 4. The Morgan fingerprint density at radius 3 is 2.38 bits per heavy atom. The van der Waals surface area contributed by atoms with Crippen molar-refractivity contribution >= 4 is 23.5 Å². The fourth-order valence-electron chi connectivity index (χ4n) is 3.27. The normalized spacial score (nSPS) is 15.9. The van der Waals surface area contributed by atoms with Crippen LogP contribution in [0.5, 0.6) is 0 Å². The monoisotopic (exact) mass is 419 g/mol. The summed E-state index contributed by atoms with van der Waals surface area (Å²) >= 11 is 6.17. The number of aliphatic hydroxyl groups is 1. The van der Waals surface area contributed by atoms with E-state index in [4.69, 9.17) is 16.3 Å². The van der Waals surface area contributed by atoms with Crippen LogP contribution in [0, 0.1) is 22.7 Å². The molecule has 0 aliphatic carbocycles. The molecule has 0 saturated carbocycles. The van der Waals surface area contributed by atoms with Crippen LogP contribution in [0.3, 0.4) is 0 Å². The van der Waals surface area contributed by atoms with Gasteiger partial charge in [-0.2, -0.15) is 10.5 Å². The molecule has 0 unspecified atom stereocenters. The Balaban J connectivity index is 2.11. The molecule has 1 aliphatic heterocycles. The van der Waals surface area contributed by atoms with Crippen molar-refractivity contribution in [1.29, 1.82) is 10.5 Å². The zero-order chi connectivity index (χ0) is 21.8. The molecule has 156 valence electrons. The summed E-state index contributed by atoms with van der Waals surface area (Å²) < 4.78 is 5.20. The van der Waals surface area contributed by atoms with E-state index >= 15 is 0 Å². The standard InChI is InChI=1S/C20H26ClN5O3/c1-5-13-14(10-22)16(21)25-17(15(13)11-23)26-8-6-20(28,7-9-26)12-24-18(27)29-19(2,3)4/h28H,5-9,12H2,1-4H3,(H,24,27). The number of nitriles is 2. The lowest BCUT2D eigenvalue weighted by Gasteiger charge is -2.39. The molecule has 0 atom stereocenters. The van der Waals surface area contributed by atoms with Crippen molar-refractivity contribution in [3.05, 3.63) is 21.8 Å². The summed E-state index contributed by atoms with van der Waals surface area (Å²) in [5, 5.41) is 32.4. The molecule has 0 bridgehead atoms. The van der Waals surface area contributed by atoms with Gasteiger partial charge in [-0.15, -0.1) is 0 Å². The summed E-state index contributed by atoms with van der Waals surface area (Å²) in [4.78, 5) is 18.0. The van der Waals surface area contributed by atoms with Gasteiger partial charge in [0.25, 0.3) is 0 Å². The third-order valence-electron chi connectivity index (χ3n) is 4.77. The van der Waals surface area contributed by atoms with E-state index in [0.29, 0.717) is 49.3 Å². The molecule has 2 N–H and O–H groups in total. The van der Waals surface area contributed by atoms with E-state index in [1.54, 1.807) is 20.8 Å². The number of carbonyl (C=O) groups excluding carboxylic acids is 1. The van der Waals surface area contributed by atoms with E-state index in [-0.39, 0.29) is 17.3 Å². The highest BCUT2D eigenvalue weighted by molar-refractivity contribution is 6.30. The van der Waals surface area contributed by atoms with Gasteiger partial charge in [0.15, 0.2) is 0 Å². The molecular weight excluding hydrogens is 394 g/mol. The number of aromatic nitrogens is 1. The van der Waals surface area contributed by atoms with E-state index in [1.165, 1.54) is 0 Å². The molecule has 1 aliphatic rings. The maximum Gasteiger partial charge on any atom is 0.407 e. The second kappa shape index (κ2) is 8.86. The Morgan fingerprint density at radius 1 is 1.31 bits per heavy atom. The van der Waals surface area contributed by atoms with Gasteiger partial charge in [0.2, 0.25) is 0 Å². The summed E-state index contributed by atoms with van der Waals surface area (Å²) in [6.45, 7) is 8.10. The number of halogens is 1. The first-order valence-electron chi connectivity index (χ1n) is 9.50. The molecule has 1 amide bonds. The lowest BCUT2D eigenvalue weighted by atomic mass is 9.91. The number of amides is 1. The average Bonchev–Trinajstić information content (AvgIpc) is 2.65. The zero-order valence-corrected chi connectivity index (χ0v) is 17.9. The number of anilines is 1. The Hall–Kier alpha value is -2.55. The summed E-state index contributed by atoms with van der Waals surface area (Å²) in [5.74, 6) is 0.426. The highest BCUT2D eigenvalue weighted by Crippen LogP contribution is 2.32. The highest BCUT2D eigenvalue weighted by atomic mass is 35.5. The van der Waals surface area contributed by atoms with E-state index in [1.807, 2.05) is 17.9 Å². The second-order valence-corrected chi connectivity index (χ2v) is 8.46. The van der Waals surface area contributed by atoms with Crippen LogP contribution in [0.15, 0.2) is 0 Å². The van der Waals surface area contributed by atoms with Crippen molar-refractivity contribution in [3.63, 3.8) is 0 Å². The molecule has 0 aromatic carbocycles. The van der Waals surface area contributed by atoms with Gasteiger partial charge in [-0.25, -0.2) is 9.78 Å². The molecule has 1 fully saturated rings. The fourth-order valence-corrected chi connectivity index (χ4v) is 3.50. The largest absolute Gasteiger partial charge is 0.444 e. The van der Waals surface area contributed by atoms with Gasteiger partial charge in [-0.1, -0.05) is 18.5 Å². The Bertz CT molecular complexity index is 859. The average molecular weight is 420 g/mol. The molecule has 2 rings (SSSR count). The van der Waals surface area contributed by atoms with Crippen LogP contribution < -0.4 is 10.2 Å². The number of nitrogens with zero attached hydrogens (tertiary/aromatic N) is 4. The number of ether oxygens (including phenoxy) is 1. The lowest BCUT2D eigenvalue weighted by Crippen LogP contribution is -2.51. The molecule has 2 heterocycles. The first-order valence-corrected chi connectivity index (χ1v) is 9.88. The quantitative estimate of drug-likeness (QED) is 0.719. The summed E-state index contributed by atoms with van der Waals surface area (Å²) in [7, 11) is 0. The van der Waals surface area contributed by atoms with Crippen molar-refractivity contribution in [3.8, 4) is 12.1 Å². The number of alkyl carbamates (subject to hydrolysis) is 1. The smallest absolute Gasteiger partial charge is 0.407 e. The summed E-state index contributed by atoms with van der Waals surface area (Å²) in [5.41, 5.74) is -0.543. The summed E-state index contributed by atoms with van der Waals surface area (Å²) in [6, 6.07) is 4.17. The molecule has 9 heteroatoms. The first-order chi connectivity index (χ1) is 13.5. The predicted octanol–water partition coefficient (Wildman–Crippen LogP) is 2.90. The van der Waals surface area contributed by atoms with E-state index < -0.39 is 17.3 Å². The minimum atomic E-state index is -1.08. The minimum absolute atomic E-state index is 0.0720. The summed E-state index contributed by atoms with van der Waals surface area (Å²) in [6.07, 6.45) is 0.648. The van der Waals surface area contributed by atoms with Crippen molar-refractivity contribution in [1.82, 2.24) is 10.3 Å². The van der Waals surface area contributed by atoms with E-state index in [0.717, 1.165) is 0 Å². The zero-order valence-electron chi connectivity index (χ0n) is 17.2. The number of pyridine rings is 1. The number of piperidine rings is 1. The van der Waals surface area contributed by atoms with Gasteiger partial charge in [-0.3, -0.25) is 0 Å². The van der Waals surface area contributed by atoms with Crippen molar-refractivity contribution in [2.45, 2.75) is 58.2 Å². The van der Waals surface area contributed by atoms with Crippen LogP contribution in [0.2, 0.25) is 5.15 Å². The van der Waals surface area contributed by atoms with Crippen LogP contribution >= 0.6 is 11.6 Å².